The van der Waals surface area contributed by atoms with E-state index in [0.29, 0.717) is 6.04 Å². The minimum absolute atomic E-state index is 0.103. The Labute approximate surface area is 133 Å². The number of nitrogens with zero attached hydrogens (tertiary/aromatic N) is 1. The van der Waals surface area contributed by atoms with Crippen LogP contribution >= 0.6 is 11.6 Å². The molecule has 0 aliphatic carbocycles. The first kappa shape index (κ1) is 16.6. The van der Waals surface area contributed by atoms with Gasteiger partial charge in [-0.15, -0.1) is 0 Å². The van der Waals surface area contributed by atoms with Crippen molar-refractivity contribution in [2.45, 2.75) is 52.2 Å². The highest BCUT2D eigenvalue weighted by atomic mass is 35.5. The Kier molecular flexibility index (Phi) is 5.53. The van der Waals surface area contributed by atoms with Gasteiger partial charge in [0.05, 0.1) is 19.3 Å². The molecule has 0 bridgehead atoms. The average Bonchev–Trinajstić information content (AvgIpc) is 2.45. The first-order chi connectivity index (χ1) is 9.90. The van der Waals surface area contributed by atoms with Gasteiger partial charge >= 0.3 is 0 Å². The summed E-state index contributed by atoms with van der Waals surface area (Å²) in [6.07, 6.45) is 1.08. The molecule has 118 valence electrons. The first-order valence-corrected chi connectivity index (χ1v) is 8.16. The van der Waals surface area contributed by atoms with E-state index >= 15 is 0 Å². The van der Waals surface area contributed by atoms with Crippen molar-refractivity contribution in [2.75, 3.05) is 24.7 Å². The molecule has 0 spiro atoms. The Bertz CT molecular complexity index is 470. The predicted molar refractivity (Wildman–Crippen MR) is 90.3 cm³/mol. The fourth-order valence-corrected chi connectivity index (χ4v) is 2.79. The number of benzene rings is 1. The average molecular weight is 311 g/mol. The summed E-state index contributed by atoms with van der Waals surface area (Å²) in [4.78, 5) is 2.45. The van der Waals surface area contributed by atoms with E-state index in [0.717, 1.165) is 37.7 Å². The fraction of sp³-hybridized carbons (Fsp3) is 0.647. The van der Waals surface area contributed by atoms with Crippen LogP contribution in [0.2, 0.25) is 5.02 Å². The van der Waals surface area contributed by atoms with Gasteiger partial charge in [0.2, 0.25) is 0 Å². The molecule has 3 nitrogen and oxygen atoms in total. The third-order valence-corrected chi connectivity index (χ3v) is 4.10. The minimum Gasteiger partial charge on any atom is -0.377 e. The maximum Gasteiger partial charge on any atom is 0.0670 e. The topological polar surface area (TPSA) is 24.5 Å². The molecular formula is C17H27ClN2O. The Balaban J connectivity index is 2.25. The Morgan fingerprint density at radius 3 is 2.81 bits per heavy atom. The lowest BCUT2D eigenvalue weighted by Gasteiger charge is -2.38. The molecule has 1 aromatic carbocycles. The van der Waals surface area contributed by atoms with E-state index in [1.165, 1.54) is 11.3 Å². The smallest absolute Gasteiger partial charge is 0.0670 e. The van der Waals surface area contributed by atoms with Gasteiger partial charge in [0.15, 0.2) is 0 Å². The molecule has 1 saturated heterocycles. The third-order valence-electron chi connectivity index (χ3n) is 3.86. The maximum absolute atomic E-state index is 6.24. The number of hydrogen-bond donors (Lipinski definition) is 1. The molecular weight excluding hydrogens is 284 g/mol. The second kappa shape index (κ2) is 6.99. The van der Waals surface area contributed by atoms with Crippen LogP contribution in [-0.2, 0) is 11.3 Å². The standard InChI is InChI=1S/C17H27ClN2O/c1-5-15-12-21-9-8-20(15)16-10-14(18)7-6-13(16)11-19-17(2,3)4/h6-7,10,15,19H,5,8-9,11-12H2,1-4H3. The molecule has 0 aromatic heterocycles. The zero-order chi connectivity index (χ0) is 15.5. The lowest BCUT2D eigenvalue weighted by atomic mass is 10.0. The number of hydrogen-bond acceptors (Lipinski definition) is 3. The molecule has 0 radical (unpaired) electrons. The Hall–Kier alpha value is -0.770. The van der Waals surface area contributed by atoms with Crippen LogP contribution in [0.25, 0.3) is 0 Å². The van der Waals surface area contributed by atoms with E-state index < -0.39 is 0 Å². The number of rotatable bonds is 4. The quantitative estimate of drug-likeness (QED) is 0.914. The highest BCUT2D eigenvalue weighted by molar-refractivity contribution is 6.30. The van der Waals surface area contributed by atoms with Gasteiger partial charge in [-0.2, -0.15) is 0 Å². The summed E-state index contributed by atoms with van der Waals surface area (Å²) in [5.41, 5.74) is 2.65. The first-order valence-electron chi connectivity index (χ1n) is 7.78. The molecule has 1 unspecified atom stereocenters. The van der Waals surface area contributed by atoms with E-state index in [1.807, 2.05) is 6.07 Å². The molecule has 1 heterocycles. The Morgan fingerprint density at radius 1 is 1.38 bits per heavy atom. The zero-order valence-corrected chi connectivity index (χ0v) is 14.3. The molecule has 0 saturated carbocycles. The summed E-state index contributed by atoms with van der Waals surface area (Å²) in [7, 11) is 0. The predicted octanol–water partition coefficient (Wildman–Crippen LogP) is 3.84. The molecule has 1 aliphatic rings. The van der Waals surface area contributed by atoms with Crippen molar-refractivity contribution in [3.63, 3.8) is 0 Å². The van der Waals surface area contributed by atoms with Crippen molar-refractivity contribution in [3.05, 3.63) is 28.8 Å². The number of morpholine rings is 1. The molecule has 2 rings (SSSR count). The highest BCUT2D eigenvalue weighted by Crippen LogP contribution is 2.29. The molecule has 4 heteroatoms. The number of nitrogens with one attached hydrogen (secondary N) is 1. The summed E-state index contributed by atoms with van der Waals surface area (Å²) >= 11 is 6.24. The van der Waals surface area contributed by atoms with Crippen molar-refractivity contribution in [3.8, 4) is 0 Å². The molecule has 1 N–H and O–H groups in total. The van der Waals surface area contributed by atoms with Crippen LogP contribution < -0.4 is 10.2 Å². The van der Waals surface area contributed by atoms with Crippen molar-refractivity contribution in [1.29, 1.82) is 0 Å². The van der Waals surface area contributed by atoms with Crippen LogP contribution in [0.4, 0.5) is 5.69 Å². The summed E-state index contributed by atoms with van der Waals surface area (Å²) in [5, 5.41) is 4.37. The number of ether oxygens (including phenoxy) is 1. The molecule has 1 aromatic rings. The van der Waals surface area contributed by atoms with Crippen molar-refractivity contribution >= 4 is 17.3 Å². The SMILES string of the molecule is CCC1COCCN1c1cc(Cl)ccc1CNC(C)(C)C. The van der Waals surface area contributed by atoms with Gasteiger partial charge in [0.25, 0.3) is 0 Å². The molecule has 0 amide bonds. The fourth-order valence-electron chi connectivity index (χ4n) is 2.62. The van der Waals surface area contributed by atoms with Crippen LogP contribution in [0, 0.1) is 0 Å². The van der Waals surface area contributed by atoms with Crippen LogP contribution in [-0.4, -0.2) is 31.3 Å². The van der Waals surface area contributed by atoms with E-state index in [-0.39, 0.29) is 5.54 Å². The summed E-state index contributed by atoms with van der Waals surface area (Å²) in [6, 6.07) is 6.64. The van der Waals surface area contributed by atoms with Crippen molar-refractivity contribution < 1.29 is 4.74 Å². The van der Waals surface area contributed by atoms with Crippen LogP contribution in [0.1, 0.15) is 39.7 Å². The van der Waals surface area contributed by atoms with Gasteiger partial charge in [-0.1, -0.05) is 24.6 Å². The van der Waals surface area contributed by atoms with E-state index in [2.05, 4.69) is 50.0 Å². The normalized spacial score (nSPS) is 19.9. The van der Waals surface area contributed by atoms with Crippen LogP contribution in [0.3, 0.4) is 0 Å². The summed E-state index contributed by atoms with van der Waals surface area (Å²) in [5.74, 6) is 0. The highest BCUT2D eigenvalue weighted by Gasteiger charge is 2.24. The monoisotopic (exact) mass is 310 g/mol. The molecule has 21 heavy (non-hydrogen) atoms. The van der Waals surface area contributed by atoms with Gasteiger partial charge in [-0.05, 0) is 44.9 Å². The molecule has 1 fully saturated rings. The maximum atomic E-state index is 6.24. The lowest BCUT2D eigenvalue weighted by Crippen LogP contribution is -2.46. The lowest BCUT2D eigenvalue weighted by molar-refractivity contribution is 0.0929. The second-order valence-electron chi connectivity index (χ2n) is 6.71. The van der Waals surface area contributed by atoms with Gasteiger partial charge < -0.3 is 15.0 Å². The number of anilines is 1. The summed E-state index contributed by atoms with van der Waals surface area (Å²) in [6.45, 7) is 12.1. The van der Waals surface area contributed by atoms with Crippen molar-refractivity contribution in [1.82, 2.24) is 5.32 Å². The van der Waals surface area contributed by atoms with Crippen LogP contribution in [0.5, 0.6) is 0 Å². The summed E-state index contributed by atoms with van der Waals surface area (Å²) < 4.78 is 5.62. The zero-order valence-electron chi connectivity index (χ0n) is 13.6. The van der Waals surface area contributed by atoms with Gasteiger partial charge in [-0.25, -0.2) is 0 Å². The second-order valence-corrected chi connectivity index (χ2v) is 7.14. The van der Waals surface area contributed by atoms with Crippen LogP contribution in [0.15, 0.2) is 18.2 Å². The number of halogens is 1. The third kappa shape index (κ3) is 4.60. The minimum atomic E-state index is 0.103. The molecule has 1 atom stereocenters. The largest absolute Gasteiger partial charge is 0.377 e. The van der Waals surface area contributed by atoms with Gasteiger partial charge in [-0.3, -0.25) is 0 Å². The molecule has 1 aliphatic heterocycles. The van der Waals surface area contributed by atoms with Gasteiger partial charge in [0, 0.05) is 29.3 Å². The van der Waals surface area contributed by atoms with E-state index in [1.54, 1.807) is 0 Å². The Morgan fingerprint density at radius 2 is 2.14 bits per heavy atom. The van der Waals surface area contributed by atoms with E-state index in [9.17, 15) is 0 Å². The van der Waals surface area contributed by atoms with Crippen molar-refractivity contribution in [2.24, 2.45) is 0 Å². The van der Waals surface area contributed by atoms with Gasteiger partial charge in [0.1, 0.15) is 0 Å². The van der Waals surface area contributed by atoms with E-state index in [4.69, 9.17) is 16.3 Å².